The molecule has 2 aromatic carbocycles. The molecular weight excluding hydrogens is 328 g/mol. The van der Waals surface area contributed by atoms with Gasteiger partial charge in [0.1, 0.15) is 5.69 Å². The van der Waals surface area contributed by atoms with Crippen molar-refractivity contribution in [2.24, 2.45) is 0 Å². The Hall–Kier alpha value is -3.54. The van der Waals surface area contributed by atoms with Crippen molar-refractivity contribution in [3.63, 3.8) is 0 Å². The van der Waals surface area contributed by atoms with Crippen molar-refractivity contribution >= 4 is 23.3 Å². The first kappa shape index (κ1) is 17.3. The van der Waals surface area contributed by atoms with Crippen molar-refractivity contribution < 1.29 is 9.59 Å². The molecule has 6 heteroatoms. The van der Waals surface area contributed by atoms with Gasteiger partial charge in [0, 0.05) is 24.0 Å². The van der Waals surface area contributed by atoms with Crippen LogP contribution in [0.4, 0.5) is 11.6 Å². The van der Waals surface area contributed by atoms with Crippen LogP contribution >= 0.6 is 0 Å². The van der Waals surface area contributed by atoms with E-state index in [0.717, 1.165) is 11.3 Å². The first-order chi connectivity index (χ1) is 12.6. The number of aromatic nitrogens is 2. The van der Waals surface area contributed by atoms with Gasteiger partial charge >= 0.3 is 0 Å². The molecular formula is C20H18N4O2. The molecule has 6 nitrogen and oxygen atoms in total. The van der Waals surface area contributed by atoms with Crippen LogP contribution in [0.1, 0.15) is 33.3 Å². The van der Waals surface area contributed by atoms with Crippen LogP contribution in [0.25, 0.3) is 0 Å². The molecule has 0 unspecified atom stereocenters. The minimum absolute atomic E-state index is 0.00452. The van der Waals surface area contributed by atoms with Gasteiger partial charge in [0.05, 0.1) is 0 Å². The number of carbonyl (C=O) groups excluding carboxylic acids is 2. The van der Waals surface area contributed by atoms with Crippen LogP contribution in [0.2, 0.25) is 0 Å². The smallest absolute Gasteiger partial charge is 0.270 e. The number of nitrogens with one attached hydrogen (secondary N) is 2. The minimum Gasteiger partial charge on any atom is -0.347 e. The molecule has 2 N–H and O–H groups in total. The van der Waals surface area contributed by atoms with Crippen molar-refractivity contribution in [3.8, 4) is 0 Å². The maximum absolute atomic E-state index is 12.3. The lowest BCUT2D eigenvalue weighted by molar-refractivity contribution is 0.0945. The molecule has 3 aromatic rings. The Balaban J connectivity index is 1.65. The molecule has 0 saturated carbocycles. The third-order valence-corrected chi connectivity index (χ3v) is 3.73. The zero-order chi connectivity index (χ0) is 18.4. The van der Waals surface area contributed by atoms with Crippen molar-refractivity contribution in [1.29, 1.82) is 0 Å². The normalized spacial score (nSPS) is 10.2. The molecule has 3 rings (SSSR count). The zero-order valence-electron chi connectivity index (χ0n) is 14.3. The van der Waals surface area contributed by atoms with Crippen LogP contribution < -0.4 is 10.6 Å². The van der Waals surface area contributed by atoms with Crippen LogP contribution in [0, 0.1) is 0 Å². The van der Waals surface area contributed by atoms with Crippen LogP contribution in [0.3, 0.4) is 0 Å². The fourth-order valence-corrected chi connectivity index (χ4v) is 2.33. The number of hydrogen-bond acceptors (Lipinski definition) is 5. The standard InChI is InChI=1S/C20H18N4O2/c1-14(25)16-7-9-17(10-8-16)23-20-21-12-11-18(24-20)19(26)22-13-15-5-3-2-4-6-15/h2-12H,13H2,1H3,(H,22,26)(H,21,23,24). The number of anilines is 2. The quantitative estimate of drug-likeness (QED) is 0.669. The molecule has 26 heavy (non-hydrogen) atoms. The Bertz CT molecular complexity index is 909. The monoisotopic (exact) mass is 346 g/mol. The highest BCUT2D eigenvalue weighted by Crippen LogP contribution is 2.14. The van der Waals surface area contributed by atoms with E-state index < -0.39 is 0 Å². The number of nitrogens with zero attached hydrogens (tertiary/aromatic N) is 2. The summed E-state index contributed by atoms with van der Waals surface area (Å²) in [6.45, 7) is 1.95. The second-order valence-corrected chi connectivity index (χ2v) is 5.69. The predicted molar refractivity (Wildman–Crippen MR) is 99.4 cm³/mol. The van der Waals surface area contributed by atoms with E-state index in [-0.39, 0.29) is 17.4 Å². The summed E-state index contributed by atoms with van der Waals surface area (Å²) < 4.78 is 0. The molecule has 0 spiro atoms. The molecule has 0 radical (unpaired) electrons. The van der Waals surface area contributed by atoms with E-state index in [1.807, 2.05) is 30.3 Å². The molecule has 0 fully saturated rings. The molecule has 0 aliphatic rings. The summed E-state index contributed by atoms with van der Waals surface area (Å²) in [6, 6.07) is 18.2. The Morgan fingerprint density at radius 3 is 2.38 bits per heavy atom. The van der Waals surface area contributed by atoms with E-state index in [0.29, 0.717) is 18.1 Å². The summed E-state index contributed by atoms with van der Waals surface area (Å²) in [6.07, 6.45) is 1.52. The van der Waals surface area contributed by atoms with Gasteiger partial charge in [-0.25, -0.2) is 9.97 Å². The average molecular weight is 346 g/mol. The number of Topliss-reactive ketones (excluding diaryl/α,β-unsaturated/α-hetero) is 1. The molecule has 0 aliphatic heterocycles. The number of amides is 1. The van der Waals surface area contributed by atoms with Crippen LogP contribution in [-0.2, 0) is 6.54 Å². The minimum atomic E-state index is -0.272. The highest BCUT2D eigenvalue weighted by molar-refractivity contribution is 5.94. The fourth-order valence-electron chi connectivity index (χ4n) is 2.33. The number of rotatable bonds is 6. The van der Waals surface area contributed by atoms with Gasteiger partial charge in [-0.2, -0.15) is 0 Å². The SMILES string of the molecule is CC(=O)c1ccc(Nc2nccc(C(=O)NCc3ccccc3)n2)cc1. The molecule has 130 valence electrons. The lowest BCUT2D eigenvalue weighted by atomic mass is 10.1. The van der Waals surface area contributed by atoms with Crippen LogP contribution in [0.5, 0.6) is 0 Å². The average Bonchev–Trinajstić information content (AvgIpc) is 2.67. The van der Waals surface area contributed by atoms with Crippen molar-refractivity contribution in [3.05, 3.63) is 83.7 Å². The Kier molecular flexibility index (Phi) is 5.34. The van der Waals surface area contributed by atoms with E-state index in [4.69, 9.17) is 0 Å². The zero-order valence-corrected chi connectivity index (χ0v) is 14.3. The summed E-state index contributed by atoms with van der Waals surface area (Å²) in [5.74, 6) is 0.0454. The second-order valence-electron chi connectivity index (χ2n) is 5.69. The first-order valence-corrected chi connectivity index (χ1v) is 8.15. The summed E-state index contributed by atoms with van der Waals surface area (Å²) in [7, 11) is 0. The number of ketones is 1. The Labute approximate surface area is 151 Å². The summed E-state index contributed by atoms with van der Waals surface area (Å²) in [5.41, 5.74) is 2.65. The number of benzene rings is 2. The third kappa shape index (κ3) is 4.51. The Morgan fingerprint density at radius 2 is 1.69 bits per heavy atom. The largest absolute Gasteiger partial charge is 0.347 e. The Morgan fingerprint density at radius 1 is 0.962 bits per heavy atom. The summed E-state index contributed by atoms with van der Waals surface area (Å²) in [4.78, 5) is 31.9. The molecule has 0 aliphatic carbocycles. The van der Waals surface area contributed by atoms with Crippen molar-refractivity contribution in [2.45, 2.75) is 13.5 Å². The molecule has 0 bridgehead atoms. The molecule has 0 atom stereocenters. The van der Waals surface area contributed by atoms with Crippen LogP contribution in [0.15, 0.2) is 66.9 Å². The van der Waals surface area contributed by atoms with E-state index in [1.165, 1.54) is 13.1 Å². The summed E-state index contributed by atoms with van der Waals surface area (Å²) in [5, 5.41) is 5.86. The van der Waals surface area contributed by atoms with Gasteiger partial charge < -0.3 is 10.6 Å². The maximum atomic E-state index is 12.3. The number of hydrogen-bond donors (Lipinski definition) is 2. The highest BCUT2D eigenvalue weighted by atomic mass is 16.1. The van der Waals surface area contributed by atoms with Gasteiger partial charge in [0.2, 0.25) is 5.95 Å². The maximum Gasteiger partial charge on any atom is 0.270 e. The van der Waals surface area contributed by atoms with Gasteiger partial charge in [-0.1, -0.05) is 30.3 Å². The third-order valence-electron chi connectivity index (χ3n) is 3.73. The van der Waals surface area contributed by atoms with Crippen molar-refractivity contribution in [2.75, 3.05) is 5.32 Å². The first-order valence-electron chi connectivity index (χ1n) is 8.15. The van der Waals surface area contributed by atoms with Crippen LogP contribution in [-0.4, -0.2) is 21.7 Å². The van der Waals surface area contributed by atoms with Gasteiger partial charge in [-0.05, 0) is 42.8 Å². The van der Waals surface area contributed by atoms with E-state index >= 15 is 0 Å². The predicted octanol–water partition coefficient (Wildman–Crippen LogP) is 3.35. The van der Waals surface area contributed by atoms with E-state index in [2.05, 4.69) is 20.6 Å². The topological polar surface area (TPSA) is 84.0 Å². The lowest BCUT2D eigenvalue weighted by Gasteiger charge is -2.08. The molecule has 0 saturated heterocycles. The summed E-state index contributed by atoms with van der Waals surface area (Å²) >= 11 is 0. The second kappa shape index (κ2) is 8.02. The fraction of sp³-hybridized carbons (Fsp3) is 0.100. The van der Waals surface area contributed by atoms with E-state index in [1.54, 1.807) is 30.3 Å². The van der Waals surface area contributed by atoms with Gasteiger partial charge in [0.15, 0.2) is 5.78 Å². The molecule has 1 amide bonds. The van der Waals surface area contributed by atoms with E-state index in [9.17, 15) is 9.59 Å². The number of carbonyl (C=O) groups is 2. The van der Waals surface area contributed by atoms with Gasteiger partial charge in [-0.3, -0.25) is 9.59 Å². The van der Waals surface area contributed by atoms with Gasteiger partial charge in [0.25, 0.3) is 5.91 Å². The lowest BCUT2D eigenvalue weighted by Crippen LogP contribution is -2.24. The van der Waals surface area contributed by atoms with Gasteiger partial charge in [-0.15, -0.1) is 0 Å². The molecule has 1 heterocycles. The molecule has 1 aromatic heterocycles. The highest BCUT2D eigenvalue weighted by Gasteiger charge is 2.09. The van der Waals surface area contributed by atoms with Crippen molar-refractivity contribution in [1.82, 2.24) is 15.3 Å².